The number of nitrogens with zero attached hydrogens (tertiary/aromatic N) is 5. The number of aliphatic imine (C=N–C) groups is 1. The van der Waals surface area contributed by atoms with E-state index in [0.717, 1.165) is 5.56 Å². The average molecular weight is 716 g/mol. The van der Waals surface area contributed by atoms with Gasteiger partial charge in [-0.1, -0.05) is 6.92 Å². The van der Waals surface area contributed by atoms with Crippen molar-refractivity contribution in [2.75, 3.05) is 32.1 Å². The molecule has 0 spiro atoms. The highest BCUT2D eigenvalue weighted by molar-refractivity contribution is 5.96. The molecule has 1 unspecified atom stereocenters. The van der Waals surface area contributed by atoms with E-state index in [0.29, 0.717) is 54.3 Å². The average Bonchev–Trinajstić information content (AvgIpc) is 3.58. The third-order valence-corrected chi connectivity index (χ3v) is 7.92. The summed E-state index contributed by atoms with van der Waals surface area (Å²) in [4.78, 5) is 42.0. The maximum atomic E-state index is 15.4. The van der Waals surface area contributed by atoms with Gasteiger partial charge in [0, 0.05) is 54.9 Å². The van der Waals surface area contributed by atoms with Gasteiger partial charge in [-0.05, 0) is 61.2 Å². The second kappa shape index (κ2) is 17.0. The van der Waals surface area contributed by atoms with E-state index in [-0.39, 0.29) is 53.8 Å². The molecule has 17 heteroatoms. The van der Waals surface area contributed by atoms with Crippen molar-refractivity contribution in [2.24, 2.45) is 22.2 Å². The summed E-state index contributed by atoms with van der Waals surface area (Å²) < 4.78 is 42.7. The van der Waals surface area contributed by atoms with Gasteiger partial charge in [0.15, 0.2) is 29.0 Å². The number of pyridine rings is 1. The maximum absolute atomic E-state index is 15.4. The Balaban J connectivity index is 1.22. The second-order valence-corrected chi connectivity index (χ2v) is 11.4. The van der Waals surface area contributed by atoms with E-state index >= 15 is 8.78 Å². The molecule has 0 aliphatic rings. The minimum Gasteiger partial charge on any atom is -0.495 e. The number of ether oxygens (including phenoxy) is 2. The van der Waals surface area contributed by atoms with Gasteiger partial charge in [0.05, 0.1) is 31.2 Å². The van der Waals surface area contributed by atoms with Crippen molar-refractivity contribution < 1.29 is 27.8 Å². The van der Waals surface area contributed by atoms with Crippen LogP contribution in [0.25, 0.3) is 16.9 Å². The molecule has 272 valence electrons. The summed E-state index contributed by atoms with van der Waals surface area (Å²) >= 11 is 0. The molecule has 0 fully saturated rings. The molecule has 0 aliphatic heterocycles. The van der Waals surface area contributed by atoms with Crippen LogP contribution >= 0.6 is 0 Å². The van der Waals surface area contributed by atoms with Crippen LogP contribution in [0, 0.1) is 11.6 Å². The molecule has 2 amide bonds. The minimum atomic E-state index is -1.19. The molecule has 52 heavy (non-hydrogen) atoms. The fourth-order valence-corrected chi connectivity index (χ4v) is 5.24. The zero-order valence-corrected chi connectivity index (χ0v) is 28.5. The quantitative estimate of drug-likeness (QED) is 0.0494. The smallest absolute Gasteiger partial charge is 0.251 e. The summed E-state index contributed by atoms with van der Waals surface area (Å²) in [5.41, 5.74) is 19.0. The first-order valence-corrected chi connectivity index (χ1v) is 16.3. The molecule has 2 aromatic carbocycles. The van der Waals surface area contributed by atoms with E-state index in [1.165, 1.54) is 43.9 Å². The van der Waals surface area contributed by atoms with Gasteiger partial charge >= 0.3 is 0 Å². The number of aromatic nitrogens is 4. The van der Waals surface area contributed by atoms with Gasteiger partial charge < -0.3 is 42.6 Å². The van der Waals surface area contributed by atoms with Crippen LogP contribution in [0.1, 0.15) is 35.7 Å². The van der Waals surface area contributed by atoms with Crippen molar-refractivity contribution >= 4 is 34.9 Å². The highest BCUT2D eigenvalue weighted by Crippen LogP contribution is 2.33. The Morgan fingerprint density at radius 3 is 2.54 bits per heavy atom. The predicted molar refractivity (Wildman–Crippen MR) is 192 cm³/mol. The van der Waals surface area contributed by atoms with E-state index in [2.05, 4.69) is 35.9 Å². The van der Waals surface area contributed by atoms with Gasteiger partial charge in [0.25, 0.3) is 5.91 Å². The molecule has 0 radical (unpaired) electrons. The number of guanidine groups is 1. The van der Waals surface area contributed by atoms with E-state index in [1.807, 2.05) is 13.0 Å². The Morgan fingerprint density at radius 1 is 1.00 bits per heavy atom. The Bertz CT molecular complexity index is 2070. The van der Waals surface area contributed by atoms with Crippen LogP contribution in [-0.2, 0) is 11.2 Å². The predicted octanol–water partition coefficient (Wildman–Crippen LogP) is 3.40. The number of carbonyl (C=O) groups excluding carboxylic acids is 2. The zero-order valence-electron chi connectivity index (χ0n) is 28.5. The largest absolute Gasteiger partial charge is 0.495 e. The van der Waals surface area contributed by atoms with Gasteiger partial charge in [0.2, 0.25) is 17.6 Å². The number of hydrogen-bond donors (Lipinski definition) is 6. The summed E-state index contributed by atoms with van der Waals surface area (Å²) in [5.74, 6) is -2.38. The summed E-state index contributed by atoms with van der Waals surface area (Å²) in [6, 6.07) is 10.3. The second-order valence-electron chi connectivity index (χ2n) is 11.4. The number of fused-ring (bicyclic) bond motifs is 1. The normalized spacial score (nSPS) is 11.5. The first-order valence-electron chi connectivity index (χ1n) is 16.3. The fourth-order valence-electron chi connectivity index (χ4n) is 5.24. The van der Waals surface area contributed by atoms with Gasteiger partial charge in [-0.2, -0.15) is 4.39 Å². The van der Waals surface area contributed by atoms with Gasteiger partial charge in [-0.25, -0.2) is 19.3 Å². The number of benzene rings is 2. The Labute approximate surface area is 297 Å². The lowest BCUT2D eigenvalue weighted by Gasteiger charge is -2.14. The molecular formula is C35H39F2N11O4. The number of nitrogens with one attached hydrogen (secondary N) is 3. The maximum Gasteiger partial charge on any atom is 0.251 e. The number of anilines is 2. The van der Waals surface area contributed by atoms with Crippen LogP contribution in [0.2, 0.25) is 0 Å². The first kappa shape index (κ1) is 36.9. The Morgan fingerprint density at radius 2 is 1.81 bits per heavy atom. The van der Waals surface area contributed by atoms with Crippen molar-refractivity contribution in [3.63, 3.8) is 0 Å². The molecule has 0 bridgehead atoms. The van der Waals surface area contributed by atoms with E-state index in [4.69, 9.17) is 26.7 Å². The number of aryl methyl sites for hydroxylation is 1. The number of halogens is 2. The van der Waals surface area contributed by atoms with Gasteiger partial charge in [-0.3, -0.25) is 19.0 Å². The van der Waals surface area contributed by atoms with Crippen molar-refractivity contribution in [1.29, 1.82) is 0 Å². The SMILES string of the molecule is CCc1cc(Nc2nccn3c(-c4ccc(Oc5ccc(OC)cn5)c(F)c4F)cnc23)ccc1C(=O)NCCNC(=O)C(N)CCCN=C(N)N. The van der Waals surface area contributed by atoms with Crippen LogP contribution in [0.15, 0.2) is 72.2 Å². The molecule has 5 rings (SSSR count). The number of rotatable bonds is 16. The van der Waals surface area contributed by atoms with Crippen LogP contribution in [-0.4, -0.2) is 69.9 Å². The van der Waals surface area contributed by atoms with Crippen molar-refractivity contribution in [1.82, 2.24) is 30.0 Å². The van der Waals surface area contributed by atoms with E-state index in [1.54, 1.807) is 28.8 Å². The topological polar surface area (TPSA) is 222 Å². The molecule has 0 saturated heterocycles. The summed E-state index contributed by atoms with van der Waals surface area (Å²) in [7, 11) is 1.49. The minimum absolute atomic E-state index is 0.0157. The third kappa shape index (κ3) is 8.86. The molecule has 15 nitrogen and oxygen atoms in total. The van der Waals surface area contributed by atoms with Crippen molar-refractivity contribution in [3.05, 3.63) is 90.0 Å². The fraction of sp³-hybridized carbons (Fsp3) is 0.257. The Hall–Kier alpha value is -6.36. The summed E-state index contributed by atoms with van der Waals surface area (Å²) in [6.45, 7) is 2.70. The zero-order chi connectivity index (χ0) is 37.2. The van der Waals surface area contributed by atoms with Gasteiger partial charge in [-0.15, -0.1) is 0 Å². The lowest BCUT2D eigenvalue weighted by Crippen LogP contribution is -2.43. The monoisotopic (exact) mass is 715 g/mol. The van der Waals surface area contributed by atoms with E-state index in [9.17, 15) is 9.59 Å². The van der Waals surface area contributed by atoms with Crippen molar-refractivity contribution in [2.45, 2.75) is 32.2 Å². The molecule has 9 N–H and O–H groups in total. The van der Waals surface area contributed by atoms with Crippen molar-refractivity contribution in [3.8, 4) is 28.6 Å². The number of carbonyl (C=O) groups is 2. The highest BCUT2D eigenvalue weighted by Gasteiger charge is 2.21. The standard InChI is InChI=1S/C35H39F2N11O4/c1-3-20-17-21(6-8-23(20)33(49)42-13-14-43-34(50)25(38)5-4-12-44-35(39)40)47-31-32-46-19-26(48(32)16-15-41-31)24-9-10-27(30(37)29(24)36)52-28-11-7-22(51-2)18-45-28/h6-11,15-19,25H,3-5,12-14,38H2,1-2H3,(H,41,47)(H,42,49)(H,43,50)(H4,39,40,44). The summed E-state index contributed by atoms with van der Waals surface area (Å²) in [6.07, 6.45) is 7.42. The Kier molecular flexibility index (Phi) is 12.1. The number of imidazole rings is 1. The molecule has 0 aliphatic carbocycles. The summed E-state index contributed by atoms with van der Waals surface area (Å²) in [5, 5.41) is 8.74. The number of hydrogen-bond acceptors (Lipinski definition) is 10. The third-order valence-electron chi connectivity index (χ3n) is 7.92. The first-order chi connectivity index (χ1) is 25.1. The highest BCUT2D eigenvalue weighted by atomic mass is 19.2. The number of amides is 2. The lowest BCUT2D eigenvalue weighted by molar-refractivity contribution is -0.122. The molecule has 1 atom stereocenters. The molecular weight excluding hydrogens is 676 g/mol. The van der Waals surface area contributed by atoms with Crippen LogP contribution in [0.4, 0.5) is 20.3 Å². The van der Waals surface area contributed by atoms with Crippen LogP contribution in [0.5, 0.6) is 17.4 Å². The number of nitrogens with two attached hydrogens (primary N) is 3. The van der Waals surface area contributed by atoms with Crippen LogP contribution in [0.3, 0.4) is 0 Å². The molecule has 0 saturated carbocycles. The van der Waals surface area contributed by atoms with E-state index < -0.39 is 17.7 Å². The van der Waals surface area contributed by atoms with Gasteiger partial charge in [0.1, 0.15) is 5.75 Å². The molecule has 5 aromatic rings. The lowest BCUT2D eigenvalue weighted by atomic mass is 10.0. The van der Waals surface area contributed by atoms with Crippen LogP contribution < -0.4 is 42.6 Å². The number of methoxy groups -OCH3 is 1. The molecule has 3 heterocycles. The molecule has 3 aromatic heterocycles.